The van der Waals surface area contributed by atoms with Crippen molar-refractivity contribution in [3.63, 3.8) is 0 Å². The summed E-state index contributed by atoms with van der Waals surface area (Å²) in [6, 6.07) is 0. The largest absolute Gasteiger partial charge is 0.0651 e. The summed E-state index contributed by atoms with van der Waals surface area (Å²) in [5, 5.41) is 0. The predicted octanol–water partition coefficient (Wildman–Crippen LogP) is 4.64. The molecule has 3 atom stereocenters. The molecule has 0 heterocycles. The summed E-state index contributed by atoms with van der Waals surface area (Å²) < 4.78 is 0. The van der Waals surface area contributed by atoms with Gasteiger partial charge in [-0.1, -0.05) is 59.3 Å². The zero-order valence-electron chi connectivity index (χ0n) is 9.68. The maximum atomic E-state index is 2.42. The molecule has 0 spiro atoms. The SMILES string of the molecule is CCC(C)CC1CCCC(C)CC1. The van der Waals surface area contributed by atoms with E-state index in [1.165, 1.54) is 44.9 Å². The van der Waals surface area contributed by atoms with E-state index in [4.69, 9.17) is 0 Å². The Morgan fingerprint density at radius 1 is 1.15 bits per heavy atom. The van der Waals surface area contributed by atoms with Crippen LogP contribution in [0.2, 0.25) is 0 Å². The van der Waals surface area contributed by atoms with E-state index >= 15 is 0 Å². The van der Waals surface area contributed by atoms with Gasteiger partial charge in [0, 0.05) is 0 Å². The second-order valence-electron chi connectivity index (χ2n) is 5.23. The van der Waals surface area contributed by atoms with Gasteiger partial charge in [0.25, 0.3) is 0 Å². The van der Waals surface area contributed by atoms with E-state index in [-0.39, 0.29) is 0 Å². The number of hydrogen-bond acceptors (Lipinski definition) is 0. The summed E-state index contributed by atoms with van der Waals surface area (Å²) >= 11 is 0. The van der Waals surface area contributed by atoms with E-state index in [0.29, 0.717) is 0 Å². The highest BCUT2D eigenvalue weighted by molar-refractivity contribution is 4.69. The van der Waals surface area contributed by atoms with Crippen LogP contribution in [0.15, 0.2) is 0 Å². The lowest BCUT2D eigenvalue weighted by Gasteiger charge is -2.17. The van der Waals surface area contributed by atoms with Gasteiger partial charge in [0.15, 0.2) is 0 Å². The molecule has 1 rings (SSSR count). The molecule has 0 N–H and O–H groups in total. The molecule has 0 nitrogen and oxygen atoms in total. The molecule has 0 aromatic rings. The molecule has 0 bridgehead atoms. The van der Waals surface area contributed by atoms with E-state index in [1.807, 2.05) is 0 Å². The Kier molecular flexibility index (Phi) is 4.83. The van der Waals surface area contributed by atoms with Crippen molar-refractivity contribution in [2.24, 2.45) is 17.8 Å². The van der Waals surface area contributed by atoms with Gasteiger partial charge in [-0.2, -0.15) is 0 Å². The van der Waals surface area contributed by atoms with E-state index in [1.54, 1.807) is 0 Å². The molecule has 78 valence electrons. The minimum Gasteiger partial charge on any atom is -0.0651 e. The highest BCUT2D eigenvalue weighted by Crippen LogP contribution is 2.31. The minimum atomic E-state index is 0.957. The molecule has 13 heavy (non-hydrogen) atoms. The van der Waals surface area contributed by atoms with Crippen LogP contribution in [-0.2, 0) is 0 Å². The van der Waals surface area contributed by atoms with E-state index in [2.05, 4.69) is 20.8 Å². The van der Waals surface area contributed by atoms with Crippen molar-refractivity contribution in [2.75, 3.05) is 0 Å². The van der Waals surface area contributed by atoms with Gasteiger partial charge in [0.1, 0.15) is 0 Å². The van der Waals surface area contributed by atoms with Gasteiger partial charge < -0.3 is 0 Å². The zero-order chi connectivity index (χ0) is 9.68. The number of hydrogen-bond donors (Lipinski definition) is 0. The topological polar surface area (TPSA) is 0 Å². The first-order chi connectivity index (χ1) is 6.22. The smallest absolute Gasteiger partial charge is 0.0412 e. The predicted molar refractivity (Wildman–Crippen MR) is 59.8 cm³/mol. The first kappa shape index (κ1) is 11.1. The Bertz CT molecular complexity index is 128. The molecule has 0 aromatic heterocycles. The van der Waals surface area contributed by atoms with Crippen molar-refractivity contribution in [1.29, 1.82) is 0 Å². The average molecular weight is 182 g/mol. The molecule has 0 saturated heterocycles. The standard InChI is InChI=1S/C13H26/c1-4-11(2)10-13-7-5-6-12(3)8-9-13/h11-13H,4-10H2,1-3H3. The van der Waals surface area contributed by atoms with Crippen LogP contribution >= 0.6 is 0 Å². The van der Waals surface area contributed by atoms with Crippen molar-refractivity contribution < 1.29 is 0 Å². The maximum Gasteiger partial charge on any atom is -0.0412 e. The molecule has 1 saturated carbocycles. The van der Waals surface area contributed by atoms with Crippen LogP contribution in [0.3, 0.4) is 0 Å². The lowest BCUT2D eigenvalue weighted by molar-refractivity contribution is 0.345. The molecule has 1 fully saturated rings. The van der Waals surface area contributed by atoms with Crippen molar-refractivity contribution >= 4 is 0 Å². The van der Waals surface area contributed by atoms with Gasteiger partial charge in [-0.05, 0) is 24.2 Å². The molecule has 1 aliphatic rings. The summed E-state index contributed by atoms with van der Waals surface area (Å²) in [5.74, 6) is 3.01. The van der Waals surface area contributed by atoms with Crippen LogP contribution in [0, 0.1) is 17.8 Å². The number of rotatable bonds is 3. The third kappa shape index (κ3) is 4.15. The first-order valence-electron chi connectivity index (χ1n) is 6.22. The van der Waals surface area contributed by atoms with Crippen LogP contribution < -0.4 is 0 Å². The van der Waals surface area contributed by atoms with Crippen molar-refractivity contribution in [3.8, 4) is 0 Å². The molecule has 3 unspecified atom stereocenters. The van der Waals surface area contributed by atoms with Crippen LogP contribution in [0.25, 0.3) is 0 Å². The Morgan fingerprint density at radius 3 is 2.62 bits per heavy atom. The Morgan fingerprint density at radius 2 is 1.92 bits per heavy atom. The second kappa shape index (κ2) is 5.67. The molecule has 0 aliphatic heterocycles. The van der Waals surface area contributed by atoms with Gasteiger partial charge in [-0.3, -0.25) is 0 Å². The fraction of sp³-hybridized carbons (Fsp3) is 1.00. The lowest BCUT2D eigenvalue weighted by atomic mass is 9.88. The van der Waals surface area contributed by atoms with Crippen LogP contribution in [-0.4, -0.2) is 0 Å². The highest BCUT2D eigenvalue weighted by atomic mass is 14.2. The van der Waals surface area contributed by atoms with E-state index < -0.39 is 0 Å². The van der Waals surface area contributed by atoms with Gasteiger partial charge >= 0.3 is 0 Å². The van der Waals surface area contributed by atoms with Gasteiger partial charge in [-0.25, -0.2) is 0 Å². The molecule has 0 radical (unpaired) electrons. The summed E-state index contributed by atoms with van der Waals surface area (Å²) in [5.41, 5.74) is 0. The first-order valence-corrected chi connectivity index (χ1v) is 6.22. The molecule has 0 heteroatoms. The summed E-state index contributed by atoms with van der Waals surface area (Å²) in [6.45, 7) is 7.16. The van der Waals surface area contributed by atoms with Crippen molar-refractivity contribution in [1.82, 2.24) is 0 Å². The van der Waals surface area contributed by atoms with Gasteiger partial charge in [0.05, 0.1) is 0 Å². The van der Waals surface area contributed by atoms with Gasteiger partial charge in [0.2, 0.25) is 0 Å². The van der Waals surface area contributed by atoms with E-state index in [9.17, 15) is 0 Å². The lowest BCUT2D eigenvalue weighted by Crippen LogP contribution is -2.05. The third-order valence-electron chi connectivity index (χ3n) is 3.81. The van der Waals surface area contributed by atoms with E-state index in [0.717, 1.165) is 17.8 Å². The fourth-order valence-electron chi connectivity index (χ4n) is 2.54. The summed E-state index contributed by atoms with van der Waals surface area (Å²) in [7, 11) is 0. The van der Waals surface area contributed by atoms with Crippen LogP contribution in [0.1, 0.15) is 65.7 Å². The van der Waals surface area contributed by atoms with Crippen molar-refractivity contribution in [2.45, 2.75) is 65.7 Å². The summed E-state index contributed by atoms with van der Waals surface area (Å²) in [6.07, 6.45) is 10.3. The van der Waals surface area contributed by atoms with Gasteiger partial charge in [-0.15, -0.1) is 0 Å². The maximum absolute atomic E-state index is 2.42. The Hall–Kier alpha value is 0. The quantitative estimate of drug-likeness (QED) is 0.558. The molecule has 0 amide bonds. The second-order valence-corrected chi connectivity index (χ2v) is 5.23. The fourth-order valence-corrected chi connectivity index (χ4v) is 2.54. The van der Waals surface area contributed by atoms with Crippen LogP contribution in [0.5, 0.6) is 0 Å². The Labute approximate surface area is 84.1 Å². The molecule has 1 aliphatic carbocycles. The van der Waals surface area contributed by atoms with Crippen molar-refractivity contribution in [3.05, 3.63) is 0 Å². The zero-order valence-corrected chi connectivity index (χ0v) is 9.68. The summed E-state index contributed by atoms with van der Waals surface area (Å²) in [4.78, 5) is 0. The molecular formula is C13H26. The molecule has 0 aromatic carbocycles. The molecular weight excluding hydrogens is 156 g/mol. The third-order valence-corrected chi connectivity index (χ3v) is 3.81. The normalized spacial score (nSPS) is 32.5. The Balaban J connectivity index is 2.25. The highest BCUT2D eigenvalue weighted by Gasteiger charge is 2.17. The minimum absolute atomic E-state index is 0.957. The van der Waals surface area contributed by atoms with Crippen LogP contribution in [0.4, 0.5) is 0 Å². The average Bonchev–Trinajstić information content (AvgIpc) is 2.31. The monoisotopic (exact) mass is 182 g/mol.